The molecule has 1 aromatic carbocycles. The molecule has 0 saturated carbocycles. The highest BCUT2D eigenvalue weighted by Gasteiger charge is 2.28. The summed E-state index contributed by atoms with van der Waals surface area (Å²) in [5.41, 5.74) is 0.459. The topological polar surface area (TPSA) is 86.7 Å². The molecule has 0 aromatic heterocycles. The molecule has 1 fully saturated rings. The largest absolute Gasteiger partial charge is 0.545 e. The van der Waals surface area contributed by atoms with Crippen molar-refractivity contribution in [1.29, 1.82) is 0 Å². The maximum atomic E-state index is 12.8. The van der Waals surface area contributed by atoms with Gasteiger partial charge in [-0.25, -0.2) is 8.42 Å². The Morgan fingerprint density at radius 3 is 2.55 bits per heavy atom. The number of benzene rings is 1. The van der Waals surface area contributed by atoms with Crippen molar-refractivity contribution in [3.8, 4) is 5.75 Å². The number of carbonyl (C=O) groups excluding carboxylic acids is 1. The number of hydrogen-bond acceptors (Lipinski definition) is 5. The number of nitrogens with zero attached hydrogens (tertiary/aromatic N) is 1. The van der Waals surface area contributed by atoms with E-state index in [2.05, 4.69) is 0 Å². The summed E-state index contributed by atoms with van der Waals surface area (Å²) in [6.07, 6.45) is 4.86. The number of carboxylic acid groups (broad SMARTS) is 1. The number of ether oxygens (including phenoxy) is 1. The third-order valence-corrected chi connectivity index (χ3v) is 5.45. The van der Waals surface area contributed by atoms with E-state index in [1.54, 1.807) is 6.07 Å². The second-order valence-electron chi connectivity index (χ2n) is 5.03. The molecule has 0 radical (unpaired) electrons. The van der Waals surface area contributed by atoms with Gasteiger partial charge >= 0.3 is 0 Å². The number of methoxy groups -OCH3 is 1. The molecule has 0 bridgehead atoms. The van der Waals surface area contributed by atoms with Gasteiger partial charge < -0.3 is 14.6 Å². The van der Waals surface area contributed by atoms with Crippen LogP contribution in [-0.2, 0) is 14.8 Å². The Morgan fingerprint density at radius 2 is 1.95 bits per heavy atom. The maximum absolute atomic E-state index is 12.8. The summed E-state index contributed by atoms with van der Waals surface area (Å²) in [5, 5.41) is 10.5. The van der Waals surface area contributed by atoms with E-state index < -0.39 is 16.0 Å². The predicted octanol–water partition coefficient (Wildman–Crippen LogP) is 0.633. The molecule has 7 heteroatoms. The highest BCUT2D eigenvalue weighted by Crippen LogP contribution is 2.29. The van der Waals surface area contributed by atoms with E-state index in [9.17, 15) is 18.3 Å². The Kier molecular flexibility index (Phi) is 5.20. The Labute approximate surface area is 130 Å². The van der Waals surface area contributed by atoms with Gasteiger partial charge in [0, 0.05) is 13.1 Å². The van der Waals surface area contributed by atoms with E-state index in [4.69, 9.17) is 4.74 Å². The highest BCUT2D eigenvalue weighted by atomic mass is 32.2. The van der Waals surface area contributed by atoms with Gasteiger partial charge in [-0.15, -0.1) is 0 Å². The van der Waals surface area contributed by atoms with Gasteiger partial charge in [0.2, 0.25) is 10.0 Å². The van der Waals surface area contributed by atoms with E-state index >= 15 is 0 Å². The first-order chi connectivity index (χ1) is 10.4. The molecule has 1 heterocycles. The number of aliphatic carboxylic acids is 1. The molecule has 1 saturated heterocycles. The lowest BCUT2D eigenvalue weighted by Gasteiger charge is -2.26. The molecule has 120 valence electrons. The van der Waals surface area contributed by atoms with Gasteiger partial charge in [-0.05, 0) is 36.6 Å². The van der Waals surface area contributed by atoms with Crippen molar-refractivity contribution in [2.24, 2.45) is 0 Å². The molecular formula is C15H18NO5S-. The van der Waals surface area contributed by atoms with E-state index in [1.807, 2.05) is 0 Å². The number of piperidine rings is 1. The Bertz CT molecular complexity index is 675. The van der Waals surface area contributed by atoms with Crippen molar-refractivity contribution >= 4 is 22.1 Å². The van der Waals surface area contributed by atoms with E-state index in [1.165, 1.54) is 29.6 Å². The third kappa shape index (κ3) is 3.66. The standard InChI is InChI=1S/C15H19NO5S/c1-21-13-7-5-12(6-8-15(17)18)11-14(13)22(19,20)16-9-3-2-4-10-16/h5-8,11H,2-4,9-10H2,1H3,(H,17,18)/p-1/b8-6+. The lowest BCUT2D eigenvalue weighted by molar-refractivity contribution is -0.297. The zero-order valence-electron chi connectivity index (χ0n) is 12.3. The lowest BCUT2D eigenvalue weighted by atomic mass is 10.2. The Morgan fingerprint density at radius 1 is 1.27 bits per heavy atom. The predicted molar refractivity (Wildman–Crippen MR) is 79.6 cm³/mol. The van der Waals surface area contributed by atoms with Crippen LogP contribution in [-0.4, -0.2) is 38.9 Å². The van der Waals surface area contributed by atoms with Crippen molar-refractivity contribution in [1.82, 2.24) is 4.31 Å². The zero-order chi connectivity index (χ0) is 16.2. The fourth-order valence-electron chi connectivity index (χ4n) is 2.41. The third-order valence-electron chi connectivity index (χ3n) is 3.53. The lowest BCUT2D eigenvalue weighted by Crippen LogP contribution is -2.35. The van der Waals surface area contributed by atoms with Crippen LogP contribution in [0.5, 0.6) is 5.75 Å². The number of carbonyl (C=O) groups is 1. The summed E-state index contributed by atoms with van der Waals surface area (Å²) in [4.78, 5) is 10.5. The molecule has 0 N–H and O–H groups in total. The first-order valence-electron chi connectivity index (χ1n) is 7.02. The molecule has 6 nitrogen and oxygen atoms in total. The Hall–Kier alpha value is -1.86. The SMILES string of the molecule is COc1ccc(/C=C/C(=O)[O-])cc1S(=O)(=O)N1CCCCC1. The molecule has 1 aliphatic rings. The Balaban J connectivity index is 2.42. The average molecular weight is 324 g/mol. The van der Waals surface area contributed by atoms with Crippen LogP contribution in [0.3, 0.4) is 0 Å². The van der Waals surface area contributed by atoms with Gasteiger partial charge in [0.1, 0.15) is 10.6 Å². The molecule has 22 heavy (non-hydrogen) atoms. The monoisotopic (exact) mass is 324 g/mol. The van der Waals surface area contributed by atoms with Gasteiger partial charge in [-0.2, -0.15) is 4.31 Å². The number of carboxylic acids is 1. The summed E-state index contributed by atoms with van der Waals surface area (Å²) in [7, 11) is -2.25. The maximum Gasteiger partial charge on any atom is 0.246 e. The van der Waals surface area contributed by atoms with Crippen LogP contribution < -0.4 is 9.84 Å². The van der Waals surface area contributed by atoms with Gasteiger partial charge in [-0.3, -0.25) is 0 Å². The normalized spacial score (nSPS) is 16.8. The van der Waals surface area contributed by atoms with Crippen LogP contribution in [0, 0.1) is 0 Å². The van der Waals surface area contributed by atoms with Gasteiger partial charge in [0.25, 0.3) is 0 Å². The molecule has 2 rings (SSSR count). The molecular weight excluding hydrogens is 306 g/mol. The molecule has 0 spiro atoms. The molecule has 0 unspecified atom stereocenters. The smallest absolute Gasteiger partial charge is 0.246 e. The fraction of sp³-hybridized carbons (Fsp3) is 0.400. The fourth-order valence-corrected chi connectivity index (χ4v) is 4.11. The first kappa shape index (κ1) is 16.5. The van der Waals surface area contributed by atoms with Crippen LogP contribution in [0.1, 0.15) is 24.8 Å². The van der Waals surface area contributed by atoms with E-state index in [0.29, 0.717) is 18.7 Å². The summed E-state index contributed by atoms with van der Waals surface area (Å²) in [5.74, 6) is -1.09. The second-order valence-corrected chi connectivity index (χ2v) is 6.93. The summed E-state index contributed by atoms with van der Waals surface area (Å²) in [6.45, 7) is 0.981. The number of hydrogen-bond donors (Lipinski definition) is 0. The van der Waals surface area contributed by atoms with Gasteiger partial charge in [0.15, 0.2) is 0 Å². The van der Waals surface area contributed by atoms with Crippen molar-refractivity contribution in [2.75, 3.05) is 20.2 Å². The highest BCUT2D eigenvalue weighted by molar-refractivity contribution is 7.89. The number of rotatable bonds is 5. The van der Waals surface area contributed by atoms with Crippen molar-refractivity contribution in [3.05, 3.63) is 29.8 Å². The van der Waals surface area contributed by atoms with Crippen LogP contribution in [0.2, 0.25) is 0 Å². The minimum absolute atomic E-state index is 0.0531. The second kappa shape index (κ2) is 6.93. The van der Waals surface area contributed by atoms with E-state index in [-0.39, 0.29) is 10.6 Å². The van der Waals surface area contributed by atoms with Crippen LogP contribution in [0.25, 0.3) is 6.08 Å². The quantitative estimate of drug-likeness (QED) is 0.742. The van der Waals surface area contributed by atoms with Crippen molar-refractivity contribution < 1.29 is 23.1 Å². The van der Waals surface area contributed by atoms with Crippen molar-refractivity contribution in [3.63, 3.8) is 0 Å². The molecule has 0 aliphatic carbocycles. The number of sulfonamides is 1. The van der Waals surface area contributed by atoms with Gasteiger partial charge in [-0.1, -0.05) is 18.6 Å². The zero-order valence-corrected chi connectivity index (χ0v) is 13.1. The molecule has 0 amide bonds. The van der Waals surface area contributed by atoms with Crippen LogP contribution >= 0.6 is 0 Å². The van der Waals surface area contributed by atoms with E-state index in [0.717, 1.165) is 25.3 Å². The molecule has 0 atom stereocenters. The minimum atomic E-state index is -3.65. The first-order valence-corrected chi connectivity index (χ1v) is 8.46. The van der Waals surface area contributed by atoms with Crippen LogP contribution in [0.15, 0.2) is 29.2 Å². The van der Waals surface area contributed by atoms with Crippen LogP contribution in [0.4, 0.5) is 0 Å². The summed E-state index contributed by atoms with van der Waals surface area (Å²) >= 11 is 0. The van der Waals surface area contributed by atoms with Crippen molar-refractivity contribution in [2.45, 2.75) is 24.2 Å². The molecule has 1 aromatic rings. The summed E-state index contributed by atoms with van der Waals surface area (Å²) < 4.78 is 32.1. The minimum Gasteiger partial charge on any atom is -0.545 e. The summed E-state index contributed by atoms with van der Waals surface area (Å²) in [6, 6.07) is 4.53. The molecule has 1 aliphatic heterocycles. The van der Waals surface area contributed by atoms with Gasteiger partial charge in [0.05, 0.1) is 13.1 Å². The average Bonchev–Trinajstić information content (AvgIpc) is 2.53.